The van der Waals surface area contributed by atoms with E-state index in [-0.39, 0.29) is 36.7 Å². The van der Waals surface area contributed by atoms with Crippen molar-refractivity contribution < 1.29 is 14.3 Å². The molecule has 168 valence electrons. The molecule has 2 heterocycles. The molecule has 0 spiro atoms. The van der Waals surface area contributed by atoms with Gasteiger partial charge in [-0.05, 0) is 52.7 Å². The van der Waals surface area contributed by atoms with Crippen LogP contribution in [0, 0.1) is 0 Å². The zero-order valence-electron chi connectivity index (χ0n) is 18.5. The quantitative estimate of drug-likeness (QED) is 0.795. The molecule has 1 saturated heterocycles. The third-order valence-corrected chi connectivity index (χ3v) is 5.26. The van der Waals surface area contributed by atoms with Gasteiger partial charge in [-0.1, -0.05) is 12.1 Å². The molecule has 9 heteroatoms. The Morgan fingerprint density at radius 2 is 1.74 bits per heavy atom. The SMILES string of the molecule is CCn1c(=O)c2ccccc2n(CC(=O)NC2CCN(C(=O)OC(C)(C)C)CC2)c1=O. The van der Waals surface area contributed by atoms with Crippen molar-refractivity contribution in [1.82, 2.24) is 19.4 Å². The van der Waals surface area contributed by atoms with E-state index in [0.717, 1.165) is 4.57 Å². The lowest BCUT2D eigenvalue weighted by molar-refractivity contribution is -0.122. The van der Waals surface area contributed by atoms with Gasteiger partial charge in [0.25, 0.3) is 5.56 Å². The van der Waals surface area contributed by atoms with Crippen molar-refractivity contribution in [1.29, 1.82) is 0 Å². The molecule has 1 aliphatic rings. The van der Waals surface area contributed by atoms with Crippen LogP contribution in [0.25, 0.3) is 10.9 Å². The third-order valence-electron chi connectivity index (χ3n) is 5.26. The van der Waals surface area contributed by atoms with Gasteiger partial charge in [0, 0.05) is 25.7 Å². The van der Waals surface area contributed by atoms with Gasteiger partial charge in [-0.3, -0.25) is 18.7 Å². The Balaban J connectivity index is 1.68. The number of benzene rings is 1. The molecule has 9 nitrogen and oxygen atoms in total. The number of aromatic nitrogens is 2. The van der Waals surface area contributed by atoms with E-state index in [1.165, 1.54) is 4.57 Å². The van der Waals surface area contributed by atoms with Crippen molar-refractivity contribution in [3.63, 3.8) is 0 Å². The summed E-state index contributed by atoms with van der Waals surface area (Å²) in [7, 11) is 0. The van der Waals surface area contributed by atoms with Gasteiger partial charge in [-0.25, -0.2) is 9.59 Å². The summed E-state index contributed by atoms with van der Waals surface area (Å²) in [6, 6.07) is 6.70. The number of nitrogens with one attached hydrogen (secondary N) is 1. The first-order valence-corrected chi connectivity index (χ1v) is 10.6. The first-order chi connectivity index (χ1) is 14.6. The summed E-state index contributed by atoms with van der Waals surface area (Å²) in [4.78, 5) is 51.8. The second kappa shape index (κ2) is 8.95. The number of amides is 2. The molecule has 3 rings (SSSR count). The maximum atomic E-state index is 12.8. The number of ether oxygens (including phenoxy) is 1. The van der Waals surface area contributed by atoms with E-state index >= 15 is 0 Å². The van der Waals surface area contributed by atoms with Crippen molar-refractivity contribution in [2.24, 2.45) is 0 Å². The number of fused-ring (bicyclic) bond motifs is 1. The molecule has 0 atom stereocenters. The number of carbonyl (C=O) groups is 2. The lowest BCUT2D eigenvalue weighted by Crippen LogP contribution is -2.49. The minimum atomic E-state index is -0.548. The number of carbonyl (C=O) groups excluding carboxylic acids is 2. The minimum absolute atomic E-state index is 0.0924. The molecule has 1 aliphatic heterocycles. The lowest BCUT2D eigenvalue weighted by Gasteiger charge is -2.33. The largest absolute Gasteiger partial charge is 0.444 e. The van der Waals surface area contributed by atoms with E-state index in [4.69, 9.17) is 4.74 Å². The molecule has 0 saturated carbocycles. The van der Waals surface area contributed by atoms with Gasteiger partial charge in [0.1, 0.15) is 12.1 Å². The van der Waals surface area contributed by atoms with Crippen LogP contribution < -0.4 is 16.6 Å². The molecular formula is C22H30N4O5. The van der Waals surface area contributed by atoms with E-state index in [1.54, 1.807) is 36.1 Å². The number of piperidine rings is 1. The molecule has 0 radical (unpaired) electrons. The van der Waals surface area contributed by atoms with E-state index in [9.17, 15) is 19.2 Å². The number of nitrogens with zero attached hydrogens (tertiary/aromatic N) is 3. The molecule has 1 aromatic carbocycles. The first kappa shape index (κ1) is 22.6. The molecule has 2 aromatic rings. The summed E-state index contributed by atoms with van der Waals surface area (Å²) >= 11 is 0. The average molecular weight is 431 g/mol. The van der Waals surface area contributed by atoms with E-state index in [2.05, 4.69) is 5.32 Å². The summed E-state index contributed by atoms with van der Waals surface area (Å²) in [5.41, 5.74) is -0.958. The molecule has 31 heavy (non-hydrogen) atoms. The van der Waals surface area contributed by atoms with E-state index in [0.29, 0.717) is 36.8 Å². The number of para-hydroxylation sites is 1. The minimum Gasteiger partial charge on any atom is -0.444 e. The highest BCUT2D eigenvalue weighted by Gasteiger charge is 2.27. The van der Waals surface area contributed by atoms with Gasteiger partial charge < -0.3 is 15.0 Å². The van der Waals surface area contributed by atoms with Gasteiger partial charge in [-0.15, -0.1) is 0 Å². The highest BCUT2D eigenvalue weighted by Crippen LogP contribution is 2.15. The van der Waals surface area contributed by atoms with Gasteiger partial charge in [0.05, 0.1) is 10.9 Å². The van der Waals surface area contributed by atoms with Gasteiger partial charge >= 0.3 is 11.8 Å². The molecular weight excluding hydrogens is 400 g/mol. The Bertz CT molecular complexity index is 1090. The first-order valence-electron chi connectivity index (χ1n) is 10.6. The highest BCUT2D eigenvalue weighted by atomic mass is 16.6. The Hall–Kier alpha value is -3.10. The fraction of sp³-hybridized carbons (Fsp3) is 0.545. The van der Waals surface area contributed by atoms with Crippen LogP contribution in [0.5, 0.6) is 0 Å². The number of hydrogen-bond acceptors (Lipinski definition) is 5. The van der Waals surface area contributed by atoms with Gasteiger partial charge in [-0.2, -0.15) is 0 Å². The summed E-state index contributed by atoms with van der Waals surface area (Å²) < 4.78 is 7.86. The summed E-state index contributed by atoms with van der Waals surface area (Å²) in [5, 5.41) is 3.36. The molecule has 2 amide bonds. The van der Waals surface area contributed by atoms with Crippen LogP contribution >= 0.6 is 0 Å². The van der Waals surface area contributed by atoms with Crippen LogP contribution in [0.15, 0.2) is 33.9 Å². The molecule has 1 aromatic heterocycles. The monoisotopic (exact) mass is 430 g/mol. The van der Waals surface area contributed by atoms with Crippen molar-refractivity contribution in [2.75, 3.05) is 13.1 Å². The van der Waals surface area contributed by atoms with Gasteiger partial charge in [0.2, 0.25) is 5.91 Å². The third kappa shape index (κ3) is 5.15. The molecule has 1 N–H and O–H groups in total. The summed E-state index contributed by atoms with van der Waals surface area (Å²) in [5.74, 6) is -0.302. The predicted molar refractivity (Wildman–Crippen MR) is 117 cm³/mol. The number of rotatable bonds is 4. The normalized spacial score (nSPS) is 15.2. The second-order valence-electron chi connectivity index (χ2n) is 8.74. The Morgan fingerprint density at radius 1 is 1.10 bits per heavy atom. The Labute approximate surface area is 180 Å². The fourth-order valence-electron chi connectivity index (χ4n) is 3.75. The number of likely N-dealkylation sites (tertiary alicyclic amines) is 1. The average Bonchev–Trinajstić information content (AvgIpc) is 2.71. The Morgan fingerprint density at radius 3 is 2.35 bits per heavy atom. The molecule has 0 unspecified atom stereocenters. The van der Waals surface area contributed by atoms with Crippen molar-refractivity contribution in [2.45, 2.75) is 65.3 Å². The second-order valence-corrected chi connectivity index (χ2v) is 8.74. The maximum Gasteiger partial charge on any atom is 0.410 e. The fourth-order valence-corrected chi connectivity index (χ4v) is 3.75. The predicted octanol–water partition coefficient (Wildman–Crippen LogP) is 1.70. The van der Waals surface area contributed by atoms with Crippen LogP contribution in [0.4, 0.5) is 4.79 Å². The van der Waals surface area contributed by atoms with Crippen LogP contribution in [0.3, 0.4) is 0 Å². The summed E-state index contributed by atoms with van der Waals surface area (Å²) in [6.45, 7) is 8.23. The maximum absolute atomic E-state index is 12.8. The standard InChI is InChI=1S/C22H30N4O5/c1-5-25-19(28)16-8-6-7-9-17(16)26(20(25)29)14-18(27)23-15-10-12-24(13-11-15)21(30)31-22(2,3)4/h6-9,15H,5,10-14H2,1-4H3,(H,23,27). The van der Waals surface area contributed by atoms with Crippen LogP contribution in [-0.2, 0) is 22.6 Å². The van der Waals surface area contributed by atoms with Crippen LogP contribution in [0.1, 0.15) is 40.5 Å². The highest BCUT2D eigenvalue weighted by molar-refractivity contribution is 5.81. The van der Waals surface area contributed by atoms with Crippen LogP contribution in [0.2, 0.25) is 0 Å². The zero-order valence-corrected chi connectivity index (χ0v) is 18.5. The number of hydrogen-bond donors (Lipinski definition) is 1. The van der Waals surface area contributed by atoms with Gasteiger partial charge in [0.15, 0.2) is 0 Å². The van der Waals surface area contributed by atoms with Crippen molar-refractivity contribution in [3.8, 4) is 0 Å². The lowest BCUT2D eigenvalue weighted by atomic mass is 10.1. The van der Waals surface area contributed by atoms with E-state index in [1.807, 2.05) is 20.8 Å². The molecule has 0 bridgehead atoms. The van der Waals surface area contributed by atoms with E-state index < -0.39 is 11.3 Å². The smallest absolute Gasteiger partial charge is 0.410 e. The van der Waals surface area contributed by atoms with Crippen molar-refractivity contribution >= 4 is 22.9 Å². The Kier molecular flexibility index (Phi) is 6.52. The molecule has 1 fully saturated rings. The summed E-state index contributed by atoms with van der Waals surface area (Å²) in [6.07, 6.45) is 0.863. The molecule has 0 aliphatic carbocycles. The zero-order chi connectivity index (χ0) is 22.8. The van der Waals surface area contributed by atoms with Crippen LogP contribution in [-0.4, -0.2) is 50.8 Å². The topological polar surface area (TPSA) is 103 Å². The van der Waals surface area contributed by atoms with Crippen molar-refractivity contribution in [3.05, 3.63) is 45.1 Å².